The Hall–Kier alpha value is -2.42. The molecule has 1 aromatic heterocycles. The monoisotopic (exact) mass is 469 g/mol. The van der Waals surface area contributed by atoms with Gasteiger partial charge < -0.3 is 9.47 Å². The third-order valence-corrected chi connectivity index (χ3v) is 6.73. The highest BCUT2D eigenvalue weighted by Gasteiger charge is 2.24. The predicted octanol–water partition coefficient (Wildman–Crippen LogP) is 4.67. The Labute approximate surface area is 185 Å². The molecule has 1 N–H and O–H groups in total. The molecule has 0 unspecified atom stereocenters. The maximum Gasteiger partial charge on any atom is 0.265 e. The third kappa shape index (κ3) is 4.35. The van der Waals surface area contributed by atoms with Gasteiger partial charge in [0.25, 0.3) is 10.0 Å². The van der Waals surface area contributed by atoms with E-state index in [4.69, 9.17) is 32.7 Å². The number of hydrogen-bond acceptors (Lipinski definition) is 5. The van der Waals surface area contributed by atoms with Gasteiger partial charge in [0.15, 0.2) is 0 Å². The largest absolute Gasteiger partial charge is 0.497 e. The van der Waals surface area contributed by atoms with Crippen LogP contribution in [0.1, 0.15) is 17.0 Å². The lowest BCUT2D eigenvalue weighted by molar-refractivity contribution is 0.392. The van der Waals surface area contributed by atoms with Crippen LogP contribution in [0.4, 0.5) is 5.69 Å². The van der Waals surface area contributed by atoms with E-state index < -0.39 is 10.0 Å². The number of nitrogens with one attached hydrogen (secondary N) is 1. The predicted molar refractivity (Wildman–Crippen MR) is 118 cm³/mol. The highest BCUT2D eigenvalue weighted by atomic mass is 35.5. The number of rotatable bonds is 7. The van der Waals surface area contributed by atoms with Crippen LogP contribution in [-0.4, -0.2) is 32.4 Å². The molecule has 0 amide bonds. The number of nitrogens with zero attached hydrogens (tertiary/aromatic N) is 2. The number of aryl methyl sites for hydroxylation is 1. The number of methoxy groups -OCH3 is 2. The van der Waals surface area contributed by atoms with E-state index in [1.165, 1.54) is 26.4 Å². The fourth-order valence-corrected chi connectivity index (χ4v) is 4.89. The molecule has 0 bridgehead atoms. The third-order valence-electron chi connectivity index (χ3n) is 4.65. The first-order valence-electron chi connectivity index (χ1n) is 8.89. The van der Waals surface area contributed by atoms with E-state index in [1.54, 1.807) is 42.8 Å². The minimum absolute atomic E-state index is 0.0370. The van der Waals surface area contributed by atoms with Crippen LogP contribution < -0.4 is 14.2 Å². The molecule has 3 rings (SSSR count). The molecule has 160 valence electrons. The minimum Gasteiger partial charge on any atom is -0.497 e. The standard InChI is InChI=1S/C20H21Cl2N3O4S/c1-12-20(13(2)25(23-12)11-15-16(21)6-5-7-17(15)22)24-30(26,27)19-10-14(28-3)8-9-18(19)29-4/h5-10,24H,11H2,1-4H3. The van der Waals surface area contributed by atoms with Crippen LogP contribution in [0.15, 0.2) is 41.3 Å². The number of aromatic nitrogens is 2. The smallest absolute Gasteiger partial charge is 0.265 e. The molecule has 7 nitrogen and oxygen atoms in total. The Balaban J connectivity index is 1.98. The molecule has 0 radical (unpaired) electrons. The summed E-state index contributed by atoms with van der Waals surface area (Å²) >= 11 is 12.5. The zero-order valence-electron chi connectivity index (χ0n) is 16.9. The molecule has 0 atom stereocenters. The Morgan fingerprint density at radius 3 is 2.33 bits per heavy atom. The van der Waals surface area contributed by atoms with Gasteiger partial charge in [-0.2, -0.15) is 5.10 Å². The van der Waals surface area contributed by atoms with Crippen LogP contribution in [0.5, 0.6) is 11.5 Å². The molecule has 3 aromatic rings. The van der Waals surface area contributed by atoms with Gasteiger partial charge in [0.05, 0.1) is 37.8 Å². The maximum absolute atomic E-state index is 13.1. The Morgan fingerprint density at radius 1 is 1.07 bits per heavy atom. The quantitative estimate of drug-likeness (QED) is 0.543. The van der Waals surface area contributed by atoms with Gasteiger partial charge in [0.2, 0.25) is 0 Å². The second kappa shape index (κ2) is 8.75. The van der Waals surface area contributed by atoms with Crippen molar-refractivity contribution in [3.05, 3.63) is 63.4 Å². The van der Waals surface area contributed by atoms with Crippen molar-refractivity contribution < 1.29 is 17.9 Å². The van der Waals surface area contributed by atoms with E-state index >= 15 is 0 Å². The molecule has 0 fully saturated rings. The van der Waals surface area contributed by atoms with Crippen LogP contribution >= 0.6 is 23.2 Å². The van der Waals surface area contributed by atoms with Crippen LogP contribution in [0.2, 0.25) is 10.0 Å². The molecule has 0 spiro atoms. The van der Waals surface area contributed by atoms with Crippen molar-refractivity contribution in [1.29, 1.82) is 0 Å². The number of halogens is 2. The lowest BCUT2D eigenvalue weighted by Gasteiger charge is -2.13. The first kappa shape index (κ1) is 22.3. The lowest BCUT2D eigenvalue weighted by atomic mass is 10.2. The molecule has 0 aliphatic heterocycles. The summed E-state index contributed by atoms with van der Waals surface area (Å²) in [5.74, 6) is 0.600. The summed E-state index contributed by atoms with van der Waals surface area (Å²) < 4.78 is 40.8. The summed E-state index contributed by atoms with van der Waals surface area (Å²) in [5.41, 5.74) is 2.22. The van der Waals surface area contributed by atoms with E-state index in [9.17, 15) is 8.42 Å². The average molecular weight is 470 g/mol. The second-order valence-electron chi connectivity index (χ2n) is 6.53. The molecule has 0 saturated heterocycles. The Kier molecular flexibility index (Phi) is 6.50. The van der Waals surface area contributed by atoms with Crippen molar-refractivity contribution in [1.82, 2.24) is 9.78 Å². The Morgan fingerprint density at radius 2 is 1.73 bits per heavy atom. The first-order chi connectivity index (χ1) is 14.2. The fourth-order valence-electron chi connectivity index (χ4n) is 3.02. The SMILES string of the molecule is COc1ccc(OC)c(S(=O)(=O)Nc2c(C)nn(Cc3c(Cl)cccc3Cl)c2C)c1. The van der Waals surface area contributed by atoms with Gasteiger partial charge >= 0.3 is 0 Å². The van der Waals surface area contributed by atoms with Gasteiger partial charge in [-0.05, 0) is 38.1 Å². The molecule has 0 saturated carbocycles. The molecule has 1 heterocycles. The summed E-state index contributed by atoms with van der Waals surface area (Å²) in [5, 5.41) is 5.48. The van der Waals surface area contributed by atoms with Gasteiger partial charge in [0.1, 0.15) is 16.4 Å². The molecular formula is C20H21Cl2N3O4S. The Bertz CT molecular complexity index is 1170. The number of hydrogen-bond donors (Lipinski definition) is 1. The molecular weight excluding hydrogens is 449 g/mol. The van der Waals surface area contributed by atoms with Crippen molar-refractivity contribution in [2.75, 3.05) is 18.9 Å². The summed E-state index contributed by atoms with van der Waals surface area (Å²) in [6.45, 7) is 3.79. The van der Waals surface area contributed by atoms with Crippen molar-refractivity contribution in [3.63, 3.8) is 0 Å². The fraction of sp³-hybridized carbons (Fsp3) is 0.250. The van der Waals surface area contributed by atoms with Gasteiger partial charge in [-0.25, -0.2) is 8.42 Å². The van der Waals surface area contributed by atoms with Crippen LogP contribution in [0.3, 0.4) is 0 Å². The average Bonchev–Trinajstić information content (AvgIpc) is 2.97. The van der Waals surface area contributed by atoms with Crippen molar-refractivity contribution >= 4 is 38.9 Å². The van der Waals surface area contributed by atoms with E-state index in [0.29, 0.717) is 45.0 Å². The number of anilines is 1. The topological polar surface area (TPSA) is 82.4 Å². The lowest BCUT2D eigenvalue weighted by Crippen LogP contribution is -2.15. The normalized spacial score (nSPS) is 11.4. The molecule has 0 aliphatic carbocycles. The highest BCUT2D eigenvalue weighted by molar-refractivity contribution is 7.92. The number of benzene rings is 2. The summed E-state index contributed by atoms with van der Waals surface area (Å²) in [4.78, 5) is -0.0370. The van der Waals surface area contributed by atoms with Gasteiger partial charge in [-0.1, -0.05) is 29.3 Å². The maximum atomic E-state index is 13.1. The molecule has 0 aliphatic rings. The zero-order chi connectivity index (χ0) is 22.1. The minimum atomic E-state index is -3.97. The summed E-state index contributed by atoms with van der Waals surface area (Å²) in [7, 11) is -1.10. The summed E-state index contributed by atoms with van der Waals surface area (Å²) in [6.07, 6.45) is 0. The first-order valence-corrected chi connectivity index (χ1v) is 11.1. The van der Waals surface area contributed by atoms with E-state index in [0.717, 1.165) is 0 Å². The van der Waals surface area contributed by atoms with Gasteiger partial charge in [-0.3, -0.25) is 9.40 Å². The molecule has 30 heavy (non-hydrogen) atoms. The van der Waals surface area contributed by atoms with Gasteiger partial charge in [0, 0.05) is 21.7 Å². The van der Waals surface area contributed by atoms with Crippen LogP contribution in [0.25, 0.3) is 0 Å². The summed E-state index contributed by atoms with van der Waals surface area (Å²) in [6, 6.07) is 9.81. The van der Waals surface area contributed by atoms with Crippen molar-refractivity contribution in [2.24, 2.45) is 0 Å². The second-order valence-corrected chi connectivity index (χ2v) is 8.99. The van der Waals surface area contributed by atoms with E-state index in [-0.39, 0.29) is 10.6 Å². The molecule has 2 aromatic carbocycles. The van der Waals surface area contributed by atoms with E-state index in [2.05, 4.69) is 9.82 Å². The highest BCUT2D eigenvalue weighted by Crippen LogP contribution is 2.32. The van der Waals surface area contributed by atoms with Crippen LogP contribution in [0, 0.1) is 13.8 Å². The zero-order valence-corrected chi connectivity index (χ0v) is 19.2. The van der Waals surface area contributed by atoms with Crippen molar-refractivity contribution in [2.45, 2.75) is 25.3 Å². The van der Waals surface area contributed by atoms with Gasteiger partial charge in [-0.15, -0.1) is 0 Å². The van der Waals surface area contributed by atoms with Crippen LogP contribution in [-0.2, 0) is 16.6 Å². The van der Waals surface area contributed by atoms with E-state index in [1.807, 2.05) is 0 Å². The number of ether oxygens (including phenoxy) is 2. The molecule has 10 heteroatoms. The van der Waals surface area contributed by atoms with Crippen molar-refractivity contribution in [3.8, 4) is 11.5 Å². The number of sulfonamides is 1.